The van der Waals surface area contributed by atoms with E-state index in [-0.39, 0.29) is 11.9 Å². The monoisotopic (exact) mass is 343 g/mol. The average Bonchev–Trinajstić information content (AvgIpc) is 3.16. The molecule has 0 radical (unpaired) electrons. The molecule has 0 unspecified atom stereocenters. The molecule has 1 aromatic carbocycles. The first-order valence-corrected chi connectivity index (χ1v) is 9.00. The second-order valence-corrected chi connectivity index (χ2v) is 6.39. The Kier molecular flexibility index (Phi) is 5.68. The van der Waals surface area contributed by atoms with Gasteiger partial charge in [0.2, 0.25) is 17.6 Å². The molecule has 0 bridgehead atoms. The van der Waals surface area contributed by atoms with Crippen molar-refractivity contribution in [3.63, 3.8) is 0 Å². The number of hydrogen-bond acceptors (Lipinski definition) is 5. The molecular formula is C19H25N3O3. The van der Waals surface area contributed by atoms with Gasteiger partial charge in [-0.25, -0.2) is 0 Å². The molecule has 1 saturated heterocycles. The minimum atomic E-state index is -0.0994. The smallest absolute Gasteiger partial charge is 0.249 e. The zero-order valence-electron chi connectivity index (χ0n) is 14.9. The summed E-state index contributed by atoms with van der Waals surface area (Å²) >= 11 is 0. The molecular weight excluding hydrogens is 318 g/mol. The zero-order chi connectivity index (χ0) is 17.6. The molecule has 1 amide bonds. The van der Waals surface area contributed by atoms with Crippen molar-refractivity contribution in [2.24, 2.45) is 0 Å². The van der Waals surface area contributed by atoms with Crippen molar-refractivity contribution < 1.29 is 14.1 Å². The Hall–Kier alpha value is -2.37. The highest BCUT2D eigenvalue weighted by molar-refractivity contribution is 5.76. The van der Waals surface area contributed by atoms with Crippen LogP contribution < -0.4 is 4.74 Å². The first kappa shape index (κ1) is 17.5. The van der Waals surface area contributed by atoms with E-state index in [0.717, 1.165) is 50.0 Å². The number of piperidine rings is 1. The van der Waals surface area contributed by atoms with E-state index < -0.39 is 0 Å². The summed E-state index contributed by atoms with van der Waals surface area (Å²) in [6, 6.07) is 7.44. The molecule has 0 spiro atoms. The lowest BCUT2D eigenvalue weighted by molar-refractivity contribution is -0.135. The summed E-state index contributed by atoms with van der Waals surface area (Å²) in [6.07, 6.45) is 5.51. The van der Waals surface area contributed by atoms with Crippen LogP contribution in [0.4, 0.5) is 0 Å². The maximum Gasteiger partial charge on any atom is 0.249 e. The first-order valence-electron chi connectivity index (χ1n) is 9.00. The van der Waals surface area contributed by atoms with E-state index in [2.05, 4.69) is 17.1 Å². The largest absolute Gasteiger partial charge is 0.497 e. The molecule has 25 heavy (non-hydrogen) atoms. The van der Waals surface area contributed by atoms with Crippen LogP contribution in [0.2, 0.25) is 0 Å². The number of rotatable bonds is 6. The van der Waals surface area contributed by atoms with E-state index in [1.54, 1.807) is 7.11 Å². The summed E-state index contributed by atoms with van der Waals surface area (Å²) in [5.74, 6) is 2.06. The highest BCUT2D eigenvalue weighted by atomic mass is 16.5. The number of hydrogen-bond donors (Lipinski definition) is 0. The summed E-state index contributed by atoms with van der Waals surface area (Å²) in [5, 5.41) is 4.11. The summed E-state index contributed by atoms with van der Waals surface area (Å²) in [6.45, 7) is 2.87. The van der Waals surface area contributed by atoms with E-state index in [0.29, 0.717) is 18.1 Å². The molecule has 6 heteroatoms. The molecule has 0 aliphatic carbocycles. The molecule has 1 aliphatic heterocycles. The number of methoxy groups -OCH3 is 1. The Morgan fingerprint density at radius 2 is 2.12 bits per heavy atom. The van der Waals surface area contributed by atoms with Gasteiger partial charge in [-0.05, 0) is 49.9 Å². The Morgan fingerprint density at radius 1 is 1.32 bits per heavy atom. The lowest BCUT2D eigenvalue weighted by Crippen LogP contribution is -2.38. The fourth-order valence-corrected chi connectivity index (χ4v) is 3.19. The lowest BCUT2D eigenvalue weighted by atomic mass is 10.0. The van der Waals surface area contributed by atoms with Gasteiger partial charge in [-0.2, -0.15) is 4.98 Å². The highest BCUT2D eigenvalue weighted by Crippen LogP contribution is 2.32. The van der Waals surface area contributed by atoms with E-state index in [1.165, 1.54) is 0 Å². The first-order chi connectivity index (χ1) is 12.2. The molecule has 2 heterocycles. The average molecular weight is 343 g/mol. The second kappa shape index (κ2) is 8.14. The molecule has 0 saturated carbocycles. The van der Waals surface area contributed by atoms with E-state index >= 15 is 0 Å². The number of benzene rings is 1. The van der Waals surface area contributed by atoms with Crippen LogP contribution in [0.25, 0.3) is 11.4 Å². The molecule has 1 aliphatic rings. The van der Waals surface area contributed by atoms with Crippen LogP contribution in [0.5, 0.6) is 5.75 Å². The van der Waals surface area contributed by atoms with Crippen molar-refractivity contribution in [2.75, 3.05) is 13.7 Å². The fourth-order valence-electron chi connectivity index (χ4n) is 3.19. The summed E-state index contributed by atoms with van der Waals surface area (Å²) in [7, 11) is 1.63. The summed E-state index contributed by atoms with van der Waals surface area (Å²) < 4.78 is 10.7. The van der Waals surface area contributed by atoms with Gasteiger partial charge >= 0.3 is 0 Å². The Balaban J connectivity index is 1.77. The van der Waals surface area contributed by atoms with Gasteiger partial charge in [0.1, 0.15) is 11.8 Å². The number of amides is 1. The van der Waals surface area contributed by atoms with E-state index in [9.17, 15) is 4.79 Å². The minimum absolute atomic E-state index is 0.0994. The maximum atomic E-state index is 12.5. The number of unbranched alkanes of at least 4 members (excludes halogenated alkanes) is 1. The van der Waals surface area contributed by atoms with Crippen molar-refractivity contribution in [3.05, 3.63) is 30.2 Å². The SMILES string of the molecule is CCCCC(=O)N1CCCC[C@@H]1c1nc(-c2ccc(OC)cc2)no1. The third kappa shape index (κ3) is 4.00. The third-order valence-electron chi connectivity index (χ3n) is 4.64. The zero-order valence-corrected chi connectivity index (χ0v) is 14.9. The van der Waals surface area contributed by atoms with Crippen molar-refractivity contribution in [3.8, 4) is 17.1 Å². The standard InChI is InChI=1S/C19H25N3O3/c1-3-4-8-17(23)22-13-6-5-7-16(22)19-20-18(21-25-19)14-9-11-15(24-2)12-10-14/h9-12,16H,3-8,13H2,1-2H3/t16-/m1/s1. The van der Waals surface area contributed by atoms with Crippen LogP contribution in [0.1, 0.15) is 57.4 Å². The number of ether oxygens (including phenoxy) is 1. The number of likely N-dealkylation sites (tertiary alicyclic amines) is 1. The van der Waals surface area contributed by atoms with Gasteiger partial charge in [-0.15, -0.1) is 0 Å². The third-order valence-corrected chi connectivity index (χ3v) is 4.64. The highest BCUT2D eigenvalue weighted by Gasteiger charge is 2.31. The molecule has 1 atom stereocenters. The molecule has 1 fully saturated rings. The van der Waals surface area contributed by atoms with Gasteiger partial charge in [-0.1, -0.05) is 18.5 Å². The van der Waals surface area contributed by atoms with Crippen molar-refractivity contribution in [1.29, 1.82) is 0 Å². The fraction of sp³-hybridized carbons (Fsp3) is 0.526. The molecule has 134 valence electrons. The predicted molar refractivity (Wildman–Crippen MR) is 94.1 cm³/mol. The van der Waals surface area contributed by atoms with Gasteiger partial charge in [0.15, 0.2) is 0 Å². The molecule has 2 aromatic rings. The number of carbonyl (C=O) groups is 1. The maximum absolute atomic E-state index is 12.5. The summed E-state index contributed by atoms with van der Waals surface area (Å²) in [5.41, 5.74) is 0.871. The van der Waals surface area contributed by atoms with Gasteiger partial charge in [-0.3, -0.25) is 4.79 Å². The Labute approximate surface area is 148 Å². The molecule has 3 rings (SSSR count). The van der Waals surface area contributed by atoms with E-state index in [1.807, 2.05) is 29.2 Å². The van der Waals surface area contributed by atoms with E-state index in [4.69, 9.17) is 9.26 Å². The van der Waals surface area contributed by atoms with Gasteiger partial charge < -0.3 is 14.2 Å². The quantitative estimate of drug-likeness (QED) is 0.793. The summed E-state index contributed by atoms with van der Waals surface area (Å²) in [4.78, 5) is 19.0. The Bertz CT molecular complexity index is 696. The Morgan fingerprint density at radius 3 is 2.84 bits per heavy atom. The van der Waals surface area contributed by atoms with Crippen LogP contribution in [0.15, 0.2) is 28.8 Å². The predicted octanol–water partition coefficient (Wildman–Crippen LogP) is 3.99. The number of carbonyl (C=O) groups excluding carboxylic acids is 1. The van der Waals surface area contributed by atoms with Gasteiger partial charge in [0.25, 0.3) is 0 Å². The van der Waals surface area contributed by atoms with Crippen LogP contribution in [0.3, 0.4) is 0 Å². The van der Waals surface area contributed by atoms with Crippen LogP contribution >= 0.6 is 0 Å². The van der Waals surface area contributed by atoms with Crippen molar-refractivity contribution in [1.82, 2.24) is 15.0 Å². The number of aromatic nitrogens is 2. The van der Waals surface area contributed by atoms with Crippen molar-refractivity contribution in [2.45, 2.75) is 51.5 Å². The van der Waals surface area contributed by atoms with Gasteiger partial charge in [0, 0.05) is 18.5 Å². The minimum Gasteiger partial charge on any atom is -0.497 e. The molecule has 0 N–H and O–H groups in total. The van der Waals surface area contributed by atoms with Crippen molar-refractivity contribution >= 4 is 5.91 Å². The number of nitrogens with zero attached hydrogens (tertiary/aromatic N) is 3. The lowest BCUT2D eigenvalue weighted by Gasteiger charge is -2.33. The molecule has 6 nitrogen and oxygen atoms in total. The second-order valence-electron chi connectivity index (χ2n) is 6.39. The van der Waals surface area contributed by atoms with Crippen LogP contribution in [-0.2, 0) is 4.79 Å². The normalized spacial score (nSPS) is 17.5. The van der Waals surface area contributed by atoms with Crippen LogP contribution in [0, 0.1) is 0 Å². The van der Waals surface area contributed by atoms with Gasteiger partial charge in [0.05, 0.1) is 7.11 Å². The topological polar surface area (TPSA) is 68.5 Å². The van der Waals surface area contributed by atoms with Crippen LogP contribution in [-0.4, -0.2) is 34.6 Å². The molecule has 1 aromatic heterocycles.